The molecular formula is C32H37F2NO. The van der Waals surface area contributed by atoms with Gasteiger partial charge in [-0.05, 0) is 62.3 Å². The van der Waals surface area contributed by atoms with Crippen LogP contribution in [0.1, 0.15) is 63.5 Å². The second-order valence-electron chi connectivity index (χ2n) is 9.17. The largest absolute Gasteiger partial charge is 0.379 e. The number of rotatable bonds is 14. The van der Waals surface area contributed by atoms with Gasteiger partial charge in [0.05, 0.1) is 11.8 Å². The molecule has 1 atom stereocenters. The van der Waals surface area contributed by atoms with Crippen LogP contribution < -0.4 is 0 Å². The van der Waals surface area contributed by atoms with Crippen molar-refractivity contribution in [3.63, 3.8) is 0 Å². The fourth-order valence-electron chi connectivity index (χ4n) is 4.07. The lowest BCUT2D eigenvalue weighted by molar-refractivity contribution is 0.0566. The number of nitrogens with zero attached hydrogens (tertiary/aromatic N) is 1. The second-order valence-corrected chi connectivity index (χ2v) is 9.17. The molecule has 0 aliphatic rings. The lowest BCUT2D eigenvalue weighted by Crippen LogP contribution is -2.08. The van der Waals surface area contributed by atoms with Crippen LogP contribution in [-0.2, 0) is 11.2 Å². The molecule has 0 amide bonds. The Morgan fingerprint density at radius 2 is 1.72 bits per heavy atom. The van der Waals surface area contributed by atoms with E-state index in [1.54, 1.807) is 30.5 Å². The van der Waals surface area contributed by atoms with E-state index in [-0.39, 0.29) is 17.2 Å². The predicted molar refractivity (Wildman–Crippen MR) is 147 cm³/mol. The number of unbranched alkanes of at least 4 members (excludes halogenated alkanes) is 3. The van der Waals surface area contributed by atoms with E-state index in [2.05, 4.69) is 37.5 Å². The number of ether oxygens (including phenoxy) is 1. The van der Waals surface area contributed by atoms with Crippen LogP contribution in [0.5, 0.6) is 0 Å². The molecule has 2 nitrogen and oxygen atoms in total. The van der Waals surface area contributed by atoms with Gasteiger partial charge in [-0.15, -0.1) is 6.58 Å². The Labute approximate surface area is 214 Å². The quantitative estimate of drug-likeness (QED) is 0.166. The van der Waals surface area contributed by atoms with Gasteiger partial charge in [-0.3, -0.25) is 4.98 Å². The molecule has 0 fully saturated rings. The third kappa shape index (κ3) is 7.96. The summed E-state index contributed by atoms with van der Waals surface area (Å²) in [5.41, 5.74) is 3.94. The summed E-state index contributed by atoms with van der Waals surface area (Å²) in [6.45, 7) is 8.83. The summed E-state index contributed by atoms with van der Waals surface area (Å²) in [6, 6.07) is 15.0. The third-order valence-corrected chi connectivity index (χ3v) is 6.25. The Bertz CT molecular complexity index is 1120. The monoisotopic (exact) mass is 489 g/mol. The number of pyridine rings is 1. The summed E-state index contributed by atoms with van der Waals surface area (Å²) < 4.78 is 35.4. The van der Waals surface area contributed by atoms with Gasteiger partial charge in [0.1, 0.15) is 0 Å². The highest BCUT2D eigenvalue weighted by Crippen LogP contribution is 2.28. The Kier molecular flexibility index (Phi) is 11.0. The average Bonchev–Trinajstić information content (AvgIpc) is 2.90. The first-order chi connectivity index (χ1) is 17.5. The number of benzene rings is 2. The van der Waals surface area contributed by atoms with E-state index in [1.807, 2.05) is 30.4 Å². The molecule has 2 aromatic carbocycles. The van der Waals surface area contributed by atoms with Crippen molar-refractivity contribution in [3.05, 3.63) is 96.2 Å². The lowest BCUT2D eigenvalue weighted by atomic mass is 10.0. The standard InChI is InChI=1S/C32H37F2NO/c1-4-6-10-22-36-24(3)12-8-7-9-13-27-18-20-29(32(34)31(27)33)30-21-19-28(23-35-30)26-16-14-25(11-5-2)15-17-26/h5,9,13-21,23-24H,2,4,6-8,10-12,22H2,1,3H3. The first kappa shape index (κ1) is 27.5. The van der Waals surface area contributed by atoms with Gasteiger partial charge >= 0.3 is 0 Å². The average molecular weight is 490 g/mol. The minimum atomic E-state index is -0.875. The predicted octanol–water partition coefficient (Wildman–Crippen LogP) is 9.20. The maximum atomic E-state index is 14.9. The van der Waals surface area contributed by atoms with Crippen molar-refractivity contribution in [2.75, 3.05) is 6.61 Å². The van der Waals surface area contributed by atoms with Crippen molar-refractivity contribution in [1.29, 1.82) is 0 Å². The number of aromatic nitrogens is 1. The molecule has 3 aromatic rings. The molecule has 4 heteroatoms. The molecular weight excluding hydrogens is 452 g/mol. The third-order valence-electron chi connectivity index (χ3n) is 6.25. The van der Waals surface area contributed by atoms with Crippen molar-refractivity contribution in [3.8, 4) is 22.4 Å². The van der Waals surface area contributed by atoms with Crippen molar-refractivity contribution >= 4 is 6.08 Å². The number of hydrogen-bond donors (Lipinski definition) is 0. The Morgan fingerprint density at radius 3 is 2.42 bits per heavy atom. The van der Waals surface area contributed by atoms with Crippen LogP contribution in [-0.4, -0.2) is 17.7 Å². The van der Waals surface area contributed by atoms with E-state index < -0.39 is 11.6 Å². The first-order valence-electron chi connectivity index (χ1n) is 13.0. The molecule has 0 saturated carbocycles. The lowest BCUT2D eigenvalue weighted by Gasteiger charge is -2.12. The van der Waals surface area contributed by atoms with Crippen molar-refractivity contribution in [1.82, 2.24) is 4.98 Å². The van der Waals surface area contributed by atoms with E-state index in [1.165, 1.54) is 18.4 Å². The van der Waals surface area contributed by atoms with Gasteiger partial charge in [0.25, 0.3) is 0 Å². The van der Waals surface area contributed by atoms with Gasteiger partial charge in [0, 0.05) is 29.5 Å². The second kappa shape index (κ2) is 14.4. The molecule has 190 valence electrons. The number of allylic oxidation sites excluding steroid dienone is 2. The summed E-state index contributed by atoms with van der Waals surface area (Å²) in [4.78, 5) is 4.40. The molecule has 0 saturated heterocycles. The van der Waals surface area contributed by atoms with E-state index in [9.17, 15) is 8.78 Å². The van der Waals surface area contributed by atoms with Crippen molar-refractivity contribution in [2.24, 2.45) is 0 Å². The zero-order valence-corrected chi connectivity index (χ0v) is 21.5. The van der Waals surface area contributed by atoms with Crippen molar-refractivity contribution in [2.45, 2.75) is 64.9 Å². The molecule has 1 unspecified atom stereocenters. The Hall–Kier alpha value is -3.11. The van der Waals surface area contributed by atoms with Crippen LogP contribution >= 0.6 is 0 Å². The highest BCUT2D eigenvalue weighted by Gasteiger charge is 2.14. The number of hydrogen-bond acceptors (Lipinski definition) is 2. The van der Waals surface area contributed by atoms with Crippen molar-refractivity contribution < 1.29 is 13.5 Å². The zero-order valence-electron chi connectivity index (χ0n) is 21.5. The topological polar surface area (TPSA) is 22.1 Å². The van der Waals surface area contributed by atoms with Gasteiger partial charge in [-0.2, -0.15) is 0 Å². The molecule has 1 heterocycles. The van der Waals surface area contributed by atoms with Gasteiger partial charge in [0.15, 0.2) is 11.6 Å². The smallest absolute Gasteiger partial charge is 0.168 e. The molecule has 0 radical (unpaired) electrons. The first-order valence-corrected chi connectivity index (χ1v) is 13.0. The SMILES string of the molecule is C=CCc1ccc(-c2ccc(-c3ccc(C=CCCCC(C)OCCCCC)c(F)c3F)nc2)cc1. The molecule has 0 aliphatic carbocycles. The Morgan fingerprint density at radius 1 is 0.944 bits per heavy atom. The highest BCUT2D eigenvalue weighted by atomic mass is 19.2. The van der Waals surface area contributed by atoms with Crippen LogP contribution in [0.15, 0.2) is 73.5 Å². The van der Waals surface area contributed by atoms with E-state index in [0.29, 0.717) is 5.69 Å². The van der Waals surface area contributed by atoms with Gasteiger partial charge < -0.3 is 4.74 Å². The van der Waals surface area contributed by atoms with Gasteiger partial charge in [-0.1, -0.05) is 74.4 Å². The molecule has 0 spiro atoms. The highest BCUT2D eigenvalue weighted by molar-refractivity contribution is 5.68. The molecule has 0 N–H and O–H groups in total. The zero-order chi connectivity index (χ0) is 25.8. The van der Waals surface area contributed by atoms with E-state index in [0.717, 1.165) is 49.8 Å². The molecule has 1 aromatic heterocycles. The fourth-order valence-corrected chi connectivity index (χ4v) is 4.07. The molecule has 3 rings (SSSR count). The summed E-state index contributed by atoms with van der Waals surface area (Å²) in [5, 5.41) is 0. The Balaban J connectivity index is 1.57. The van der Waals surface area contributed by atoms with Gasteiger partial charge in [0.2, 0.25) is 0 Å². The normalized spacial score (nSPS) is 12.2. The fraction of sp³-hybridized carbons (Fsp3) is 0.344. The van der Waals surface area contributed by atoms with Crippen LogP contribution in [0, 0.1) is 11.6 Å². The maximum absolute atomic E-state index is 14.9. The van der Waals surface area contributed by atoms with Crippen LogP contribution in [0.25, 0.3) is 28.5 Å². The van der Waals surface area contributed by atoms with Gasteiger partial charge in [-0.25, -0.2) is 8.78 Å². The summed E-state index contributed by atoms with van der Waals surface area (Å²) in [6.07, 6.45) is 14.3. The molecule has 36 heavy (non-hydrogen) atoms. The molecule has 0 aliphatic heterocycles. The van der Waals surface area contributed by atoms with E-state index >= 15 is 0 Å². The van der Waals surface area contributed by atoms with E-state index in [4.69, 9.17) is 4.74 Å². The maximum Gasteiger partial charge on any atom is 0.168 e. The summed E-state index contributed by atoms with van der Waals surface area (Å²) in [5.74, 6) is -1.72. The minimum absolute atomic E-state index is 0.159. The molecule has 0 bridgehead atoms. The summed E-state index contributed by atoms with van der Waals surface area (Å²) >= 11 is 0. The minimum Gasteiger partial charge on any atom is -0.379 e. The van der Waals surface area contributed by atoms with Crippen LogP contribution in [0.2, 0.25) is 0 Å². The van der Waals surface area contributed by atoms with Crippen LogP contribution in [0.4, 0.5) is 8.78 Å². The number of halogens is 2. The summed E-state index contributed by atoms with van der Waals surface area (Å²) in [7, 11) is 0. The van der Waals surface area contributed by atoms with Crippen LogP contribution in [0.3, 0.4) is 0 Å².